The van der Waals surface area contributed by atoms with Gasteiger partial charge < -0.3 is 0 Å². The van der Waals surface area contributed by atoms with Crippen LogP contribution in [0.1, 0.15) is 10.4 Å². The predicted molar refractivity (Wildman–Crippen MR) is 67.3 cm³/mol. The number of hydrogen-bond acceptors (Lipinski definition) is 4. The molecular formula is C14H9NO3. The lowest BCUT2D eigenvalue weighted by atomic mass is 10.1. The fourth-order valence-electron chi connectivity index (χ4n) is 2.03. The van der Waals surface area contributed by atoms with E-state index in [9.17, 15) is 4.79 Å². The Labute approximate surface area is 102 Å². The minimum Gasteiger partial charge on any atom is -0.295 e. The minimum atomic E-state index is -0.780. The number of nitrogens with zero attached hydrogens (tertiary/aromatic N) is 1. The fourth-order valence-corrected chi connectivity index (χ4v) is 2.03. The van der Waals surface area contributed by atoms with Gasteiger partial charge in [0, 0.05) is 10.8 Å². The molecule has 0 atom stereocenters. The topological polar surface area (TPSA) is 59.4 Å². The van der Waals surface area contributed by atoms with Gasteiger partial charge in [-0.25, -0.2) is 9.78 Å². The standard InChI is InChI=1S/C14H9NO3/c16-14(18-17)10-5-3-7-13-11(10)8-9-4-1-2-6-12(9)15-13/h1-8,17H. The summed E-state index contributed by atoms with van der Waals surface area (Å²) < 4.78 is 0. The lowest BCUT2D eigenvalue weighted by Crippen LogP contribution is -2.02. The summed E-state index contributed by atoms with van der Waals surface area (Å²) in [6.07, 6.45) is 0. The number of carbonyl (C=O) groups excluding carboxylic acids is 1. The van der Waals surface area contributed by atoms with Crippen LogP contribution in [-0.2, 0) is 4.89 Å². The first-order valence-corrected chi connectivity index (χ1v) is 5.44. The average molecular weight is 239 g/mol. The fraction of sp³-hybridized carbons (Fsp3) is 0. The number of rotatable bonds is 1. The number of pyridine rings is 1. The van der Waals surface area contributed by atoms with Crippen LogP contribution in [0.15, 0.2) is 48.5 Å². The van der Waals surface area contributed by atoms with Crippen molar-refractivity contribution < 1.29 is 14.9 Å². The van der Waals surface area contributed by atoms with E-state index in [1.54, 1.807) is 12.1 Å². The highest BCUT2D eigenvalue weighted by atomic mass is 17.1. The Morgan fingerprint density at radius 1 is 1.06 bits per heavy atom. The van der Waals surface area contributed by atoms with Crippen molar-refractivity contribution in [3.8, 4) is 0 Å². The van der Waals surface area contributed by atoms with Gasteiger partial charge >= 0.3 is 5.97 Å². The molecular weight excluding hydrogens is 230 g/mol. The number of fused-ring (bicyclic) bond motifs is 2. The van der Waals surface area contributed by atoms with Gasteiger partial charge in [-0.05, 0) is 24.3 Å². The lowest BCUT2D eigenvalue weighted by molar-refractivity contribution is -0.182. The summed E-state index contributed by atoms with van der Waals surface area (Å²) in [5.74, 6) is -0.780. The number of para-hydroxylation sites is 1. The zero-order valence-electron chi connectivity index (χ0n) is 9.33. The van der Waals surface area contributed by atoms with Crippen molar-refractivity contribution in [1.29, 1.82) is 0 Å². The normalized spacial score (nSPS) is 10.7. The summed E-state index contributed by atoms with van der Waals surface area (Å²) in [4.78, 5) is 19.7. The van der Waals surface area contributed by atoms with Crippen molar-refractivity contribution >= 4 is 27.8 Å². The molecule has 0 amide bonds. The van der Waals surface area contributed by atoms with E-state index in [0.717, 1.165) is 10.9 Å². The largest absolute Gasteiger partial charge is 0.373 e. The van der Waals surface area contributed by atoms with Gasteiger partial charge in [-0.2, -0.15) is 5.26 Å². The van der Waals surface area contributed by atoms with E-state index in [1.165, 1.54) is 0 Å². The number of carbonyl (C=O) groups is 1. The number of hydrogen-bond donors (Lipinski definition) is 1. The molecule has 3 rings (SSSR count). The van der Waals surface area contributed by atoms with Gasteiger partial charge in [0.25, 0.3) is 0 Å². The summed E-state index contributed by atoms with van der Waals surface area (Å²) in [7, 11) is 0. The second-order valence-corrected chi connectivity index (χ2v) is 3.93. The van der Waals surface area contributed by atoms with Crippen LogP contribution in [0.4, 0.5) is 0 Å². The Bertz CT molecular complexity index is 752. The molecule has 4 heteroatoms. The summed E-state index contributed by atoms with van der Waals surface area (Å²) in [5.41, 5.74) is 1.85. The number of aromatic nitrogens is 1. The Hall–Kier alpha value is -2.46. The molecule has 4 nitrogen and oxygen atoms in total. The number of benzene rings is 2. The molecule has 0 saturated heterocycles. The third-order valence-corrected chi connectivity index (χ3v) is 2.86. The van der Waals surface area contributed by atoms with Crippen LogP contribution in [0.25, 0.3) is 21.8 Å². The highest BCUT2D eigenvalue weighted by Gasteiger charge is 2.12. The first kappa shape index (κ1) is 10.7. The van der Waals surface area contributed by atoms with E-state index in [2.05, 4.69) is 9.87 Å². The van der Waals surface area contributed by atoms with E-state index >= 15 is 0 Å². The van der Waals surface area contributed by atoms with Crippen LogP contribution >= 0.6 is 0 Å². The molecule has 0 aliphatic heterocycles. The molecule has 2 aromatic carbocycles. The van der Waals surface area contributed by atoms with E-state index in [0.29, 0.717) is 16.5 Å². The van der Waals surface area contributed by atoms with Crippen LogP contribution in [0.2, 0.25) is 0 Å². The zero-order valence-corrected chi connectivity index (χ0v) is 9.33. The van der Waals surface area contributed by atoms with Crippen molar-refractivity contribution in [2.24, 2.45) is 0 Å². The molecule has 1 aromatic heterocycles. The van der Waals surface area contributed by atoms with Crippen LogP contribution in [0.3, 0.4) is 0 Å². The Morgan fingerprint density at radius 3 is 2.67 bits per heavy atom. The Balaban J connectivity index is 2.39. The third kappa shape index (κ3) is 1.59. The van der Waals surface area contributed by atoms with E-state index in [1.807, 2.05) is 36.4 Å². The molecule has 88 valence electrons. The van der Waals surface area contributed by atoms with Crippen molar-refractivity contribution in [3.05, 3.63) is 54.1 Å². The first-order chi connectivity index (χ1) is 8.79. The van der Waals surface area contributed by atoms with Crippen LogP contribution in [-0.4, -0.2) is 16.2 Å². The van der Waals surface area contributed by atoms with Crippen LogP contribution in [0, 0.1) is 0 Å². The molecule has 3 aromatic rings. The van der Waals surface area contributed by atoms with Gasteiger partial charge in [-0.1, -0.05) is 24.3 Å². The van der Waals surface area contributed by atoms with Gasteiger partial charge in [0.2, 0.25) is 0 Å². The van der Waals surface area contributed by atoms with E-state index in [4.69, 9.17) is 5.26 Å². The zero-order chi connectivity index (χ0) is 12.5. The predicted octanol–water partition coefficient (Wildman–Crippen LogP) is 3.02. The van der Waals surface area contributed by atoms with Crippen molar-refractivity contribution in [1.82, 2.24) is 4.98 Å². The summed E-state index contributed by atoms with van der Waals surface area (Å²) in [6.45, 7) is 0. The van der Waals surface area contributed by atoms with E-state index in [-0.39, 0.29) is 0 Å². The van der Waals surface area contributed by atoms with Crippen molar-refractivity contribution in [2.45, 2.75) is 0 Å². The summed E-state index contributed by atoms with van der Waals surface area (Å²) >= 11 is 0. The molecule has 0 spiro atoms. The molecule has 0 fully saturated rings. The lowest BCUT2D eigenvalue weighted by Gasteiger charge is -2.05. The molecule has 1 N–H and O–H groups in total. The quantitative estimate of drug-likeness (QED) is 0.403. The highest BCUT2D eigenvalue weighted by molar-refractivity contribution is 6.06. The second kappa shape index (κ2) is 4.09. The third-order valence-electron chi connectivity index (χ3n) is 2.86. The van der Waals surface area contributed by atoms with Crippen molar-refractivity contribution in [3.63, 3.8) is 0 Å². The van der Waals surface area contributed by atoms with Gasteiger partial charge in [-0.3, -0.25) is 4.89 Å². The maximum Gasteiger partial charge on any atom is 0.373 e. The molecule has 0 bridgehead atoms. The molecule has 0 radical (unpaired) electrons. The molecule has 1 heterocycles. The molecule has 0 unspecified atom stereocenters. The minimum absolute atomic E-state index is 0.299. The van der Waals surface area contributed by atoms with Gasteiger partial charge in [0.15, 0.2) is 0 Å². The average Bonchev–Trinajstić information content (AvgIpc) is 2.43. The van der Waals surface area contributed by atoms with Gasteiger partial charge in [0.1, 0.15) is 0 Å². The Kier molecular flexibility index (Phi) is 2.42. The van der Waals surface area contributed by atoms with E-state index < -0.39 is 5.97 Å². The second-order valence-electron chi connectivity index (χ2n) is 3.93. The first-order valence-electron chi connectivity index (χ1n) is 5.44. The summed E-state index contributed by atoms with van der Waals surface area (Å²) in [6, 6.07) is 14.6. The summed E-state index contributed by atoms with van der Waals surface area (Å²) in [5, 5.41) is 10.1. The molecule has 0 aliphatic carbocycles. The maximum absolute atomic E-state index is 11.5. The van der Waals surface area contributed by atoms with Gasteiger partial charge in [0.05, 0.1) is 16.6 Å². The monoisotopic (exact) mass is 239 g/mol. The maximum atomic E-state index is 11.5. The van der Waals surface area contributed by atoms with Crippen LogP contribution < -0.4 is 0 Å². The molecule has 0 saturated carbocycles. The highest BCUT2D eigenvalue weighted by Crippen LogP contribution is 2.23. The van der Waals surface area contributed by atoms with Gasteiger partial charge in [-0.15, -0.1) is 0 Å². The van der Waals surface area contributed by atoms with Crippen molar-refractivity contribution in [2.75, 3.05) is 0 Å². The SMILES string of the molecule is O=C(OO)c1cccc2nc3ccccc3cc12. The molecule has 0 aliphatic rings. The smallest absolute Gasteiger partial charge is 0.295 e. The van der Waals surface area contributed by atoms with Crippen LogP contribution in [0.5, 0.6) is 0 Å². The molecule has 18 heavy (non-hydrogen) atoms. The Morgan fingerprint density at radius 2 is 1.83 bits per heavy atom.